The predicted octanol–water partition coefficient (Wildman–Crippen LogP) is 12.0. The summed E-state index contributed by atoms with van der Waals surface area (Å²) in [7, 11) is 0. The van der Waals surface area contributed by atoms with Crippen LogP contribution in [0.25, 0.3) is 0 Å². The van der Waals surface area contributed by atoms with E-state index in [2.05, 4.69) is 19.2 Å². The van der Waals surface area contributed by atoms with E-state index in [0.29, 0.717) is 12.2 Å². The van der Waals surface area contributed by atoms with E-state index in [1.807, 2.05) is 0 Å². The Balaban J connectivity index is 3.42. The van der Waals surface area contributed by atoms with Gasteiger partial charge in [0.1, 0.15) is 5.78 Å². The van der Waals surface area contributed by atoms with Gasteiger partial charge in [-0.3, -0.25) is 4.79 Å². The molecule has 0 aromatic rings. The number of Topliss-reactive ketones (excluding diaryl/α,β-unsaturated/α-hetero) is 1. The summed E-state index contributed by atoms with van der Waals surface area (Å²) in [5.74, 6) is 0.622. The first-order valence-electron chi connectivity index (χ1n) is 16.1. The first kappa shape index (κ1) is 34.8. The number of ketones is 1. The summed E-state index contributed by atoms with van der Waals surface area (Å²) in [5.41, 5.74) is 0. The topological polar surface area (TPSA) is 17.1 Å². The van der Waals surface area contributed by atoms with Gasteiger partial charge < -0.3 is 0 Å². The number of rotatable bonds is 30. The standard InChI is InChI=1S/C33H63OS/c1-3-5-7-9-11-13-15-17-19-21-23-25-27-29-33(34)30-32(31-35)28-26-24-22-20-18-16-14-12-10-8-6-4-2/h32H,3-30H2,1-2H3. The van der Waals surface area contributed by atoms with Crippen molar-refractivity contribution >= 4 is 23.4 Å². The van der Waals surface area contributed by atoms with Crippen molar-refractivity contribution in [3.05, 3.63) is 0 Å². The van der Waals surface area contributed by atoms with Gasteiger partial charge in [0.05, 0.1) is 0 Å². The molecule has 0 aliphatic rings. The highest BCUT2D eigenvalue weighted by molar-refractivity contribution is 7.79. The molecule has 1 atom stereocenters. The number of hydrogen-bond acceptors (Lipinski definition) is 2. The SMILES string of the molecule is CCCCCCCCCCCCCCCC(=O)CC([C]=S)CCCCCCCCCCCCCC. The lowest BCUT2D eigenvalue weighted by Gasteiger charge is -2.10. The van der Waals surface area contributed by atoms with Crippen molar-refractivity contribution in [2.45, 2.75) is 194 Å². The molecule has 2 heteroatoms. The van der Waals surface area contributed by atoms with E-state index in [1.54, 1.807) is 0 Å². The fourth-order valence-corrected chi connectivity index (χ4v) is 5.35. The third-order valence-corrected chi connectivity index (χ3v) is 7.94. The normalized spacial score (nSPS) is 12.2. The molecule has 0 saturated carbocycles. The summed E-state index contributed by atoms with van der Waals surface area (Å²) in [5, 5.41) is 2.98. The van der Waals surface area contributed by atoms with E-state index in [-0.39, 0.29) is 5.92 Å². The molecule has 35 heavy (non-hydrogen) atoms. The molecule has 1 nitrogen and oxygen atoms in total. The maximum absolute atomic E-state index is 12.3. The van der Waals surface area contributed by atoms with Crippen LogP contribution >= 0.6 is 12.2 Å². The molecular weight excluding hydrogens is 444 g/mol. The minimum atomic E-state index is 0.211. The van der Waals surface area contributed by atoms with Gasteiger partial charge in [0, 0.05) is 24.1 Å². The Kier molecular flexibility index (Phi) is 29.8. The molecule has 0 N–H and O–H groups in total. The Bertz CT molecular complexity index is 433. The van der Waals surface area contributed by atoms with E-state index < -0.39 is 0 Å². The van der Waals surface area contributed by atoms with Gasteiger partial charge >= 0.3 is 0 Å². The van der Waals surface area contributed by atoms with E-state index in [4.69, 9.17) is 12.2 Å². The van der Waals surface area contributed by atoms with Crippen molar-refractivity contribution in [3.8, 4) is 0 Å². The summed E-state index contributed by atoms with van der Waals surface area (Å²) in [4.78, 5) is 12.3. The summed E-state index contributed by atoms with van der Waals surface area (Å²) < 4.78 is 0. The number of carbonyl (C=O) groups is 1. The third-order valence-electron chi connectivity index (χ3n) is 7.61. The molecule has 0 fully saturated rings. The van der Waals surface area contributed by atoms with Crippen molar-refractivity contribution in [2.75, 3.05) is 0 Å². The lowest BCUT2D eigenvalue weighted by atomic mass is 9.95. The average Bonchev–Trinajstić information content (AvgIpc) is 2.86. The zero-order valence-electron chi connectivity index (χ0n) is 24.2. The minimum Gasteiger partial charge on any atom is -0.300 e. The highest BCUT2D eigenvalue weighted by atomic mass is 32.1. The number of hydrogen-bond donors (Lipinski definition) is 0. The molecule has 0 rings (SSSR count). The number of unbranched alkanes of at least 4 members (excludes halogenated alkanes) is 23. The van der Waals surface area contributed by atoms with Gasteiger partial charge in [0.2, 0.25) is 0 Å². The lowest BCUT2D eigenvalue weighted by molar-refractivity contribution is -0.119. The summed E-state index contributed by atoms with van der Waals surface area (Å²) >= 11 is 5.12. The van der Waals surface area contributed by atoms with Crippen LogP contribution in [0, 0.1) is 5.92 Å². The second kappa shape index (κ2) is 30.0. The zero-order valence-corrected chi connectivity index (χ0v) is 25.0. The van der Waals surface area contributed by atoms with Gasteiger partial charge in [-0.15, -0.1) is 0 Å². The highest BCUT2D eigenvalue weighted by Crippen LogP contribution is 2.18. The van der Waals surface area contributed by atoms with Crippen molar-refractivity contribution in [3.63, 3.8) is 0 Å². The zero-order chi connectivity index (χ0) is 25.7. The average molecular weight is 508 g/mol. The Morgan fingerprint density at radius 3 is 1.17 bits per heavy atom. The smallest absolute Gasteiger partial charge is 0.133 e. The van der Waals surface area contributed by atoms with E-state index >= 15 is 0 Å². The fourth-order valence-electron chi connectivity index (χ4n) is 5.15. The summed E-state index contributed by atoms with van der Waals surface area (Å²) in [6, 6.07) is 0. The Labute approximate surface area is 227 Å². The Hall–Kier alpha value is -0.240. The Morgan fingerprint density at radius 2 is 0.829 bits per heavy atom. The molecule has 0 aliphatic heterocycles. The number of carbonyl (C=O) groups excluding carboxylic acids is 1. The van der Waals surface area contributed by atoms with Crippen LogP contribution in [0.5, 0.6) is 0 Å². The maximum Gasteiger partial charge on any atom is 0.133 e. The second-order valence-corrected chi connectivity index (χ2v) is 11.5. The van der Waals surface area contributed by atoms with Crippen LogP contribution in [0.15, 0.2) is 0 Å². The molecule has 1 unspecified atom stereocenters. The first-order valence-corrected chi connectivity index (χ1v) is 16.5. The molecule has 0 spiro atoms. The quantitative estimate of drug-likeness (QED) is 0.0710. The molecule has 207 valence electrons. The van der Waals surface area contributed by atoms with Gasteiger partial charge in [-0.25, -0.2) is 0 Å². The van der Waals surface area contributed by atoms with Crippen LogP contribution in [0.2, 0.25) is 0 Å². The predicted molar refractivity (Wildman–Crippen MR) is 162 cm³/mol. The van der Waals surface area contributed by atoms with Crippen molar-refractivity contribution in [2.24, 2.45) is 5.92 Å². The van der Waals surface area contributed by atoms with Gasteiger partial charge in [-0.1, -0.05) is 180 Å². The van der Waals surface area contributed by atoms with Gasteiger partial charge in [-0.05, 0) is 12.8 Å². The van der Waals surface area contributed by atoms with Crippen LogP contribution < -0.4 is 0 Å². The van der Waals surface area contributed by atoms with Crippen LogP contribution in [0.3, 0.4) is 0 Å². The minimum absolute atomic E-state index is 0.211. The van der Waals surface area contributed by atoms with Crippen molar-refractivity contribution in [1.29, 1.82) is 0 Å². The van der Waals surface area contributed by atoms with Crippen LogP contribution in [-0.4, -0.2) is 11.2 Å². The third kappa shape index (κ3) is 28.2. The molecule has 0 amide bonds. The monoisotopic (exact) mass is 507 g/mol. The van der Waals surface area contributed by atoms with Crippen molar-refractivity contribution < 1.29 is 4.79 Å². The van der Waals surface area contributed by atoms with Gasteiger partial charge in [0.25, 0.3) is 0 Å². The molecule has 0 aliphatic carbocycles. The van der Waals surface area contributed by atoms with E-state index in [0.717, 1.165) is 19.3 Å². The molecular formula is C33H63OS. The van der Waals surface area contributed by atoms with Crippen LogP contribution in [-0.2, 0) is 4.79 Å². The number of thiocarbonyl (C=S) groups is 1. The largest absolute Gasteiger partial charge is 0.300 e. The molecule has 0 bridgehead atoms. The molecule has 0 saturated heterocycles. The van der Waals surface area contributed by atoms with Crippen LogP contribution in [0.4, 0.5) is 0 Å². The highest BCUT2D eigenvalue weighted by Gasteiger charge is 2.11. The summed E-state index contributed by atoms with van der Waals surface area (Å²) in [6.45, 7) is 4.57. The molecule has 0 heterocycles. The van der Waals surface area contributed by atoms with Crippen LogP contribution in [0.1, 0.15) is 194 Å². The first-order chi connectivity index (χ1) is 17.2. The van der Waals surface area contributed by atoms with E-state index in [9.17, 15) is 4.79 Å². The fraction of sp³-hybridized carbons (Fsp3) is 0.939. The van der Waals surface area contributed by atoms with Gasteiger partial charge in [0.15, 0.2) is 0 Å². The van der Waals surface area contributed by atoms with Crippen molar-refractivity contribution in [1.82, 2.24) is 0 Å². The molecule has 0 aromatic heterocycles. The lowest BCUT2D eigenvalue weighted by Crippen LogP contribution is -2.09. The van der Waals surface area contributed by atoms with Gasteiger partial charge in [-0.2, -0.15) is 0 Å². The van der Waals surface area contributed by atoms with E-state index in [1.165, 1.54) is 154 Å². The summed E-state index contributed by atoms with van der Waals surface area (Å²) in [6.07, 6.45) is 36.5. The Morgan fingerprint density at radius 1 is 0.514 bits per heavy atom. The maximum atomic E-state index is 12.3. The molecule has 1 radical (unpaired) electrons. The second-order valence-electron chi connectivity index (χ2n) is 11.2. The molecule has 0 aromatic carbocycles.